The maximum atomic E-state index is 13.1. The SMILES string of the molecule is C=CCOC(=O)C1=C(C)Nc2nc(SCc3ccccc3Cl)nn2C1c1ccc(OCCCCC)cc1. The van der Waals surface area contributed by atoms with Crippen molar-refractivity contribution in [3.8, 4) is 5.75 Å². The number of thioether (sulfide) groups is 1. The number of hydrogen-bond acceptors (Lipinski definition) is 7. The van der Waals surface area contributed by atoms with Gasteiger partial charge in [-0.2, -0.15) is 4.98 Å². The number of benzene rings is 2. The van der Waals surface area contributed by atoms with Gasteiger partial charge in [-0.3, -0.25) is 0 Å². The minimum absolute atomic E-state index is 0.121. The number of nitrogens with one attached hydrogen (secondary N) is 1. The van der Waals surface area contributed by atoms with Crippen LogP contribution < -0.4 is 10.1 Å². The lowest BCUT2D eigenvalue weighted by Gasteiger charge is -2.28. The topological polar surface area (TPSA) is 78.3 Å². The highest BCUT2D eigenvalue weighted by atomic mass is 35.5. The number of aromatic nitrogens is 3. The van der Waals surface area contributed by atoms with Crippen LogP contribution in [0.3, 0.4) is 0 Å². The van der Waals surface area contributed by atoms with Crippen molar-refractivity contribution in [2.24, 2.45) is 0 Å². The van der Waals surface area contributed by atoms with Crippen LogP contribution in [0.2, 0.25) is 5.02 Å². The Morgan fingerprint density at radius 1 is 1.22 bits per heavy atom. The molecule has 0 radical (unpaired) electrons. The average Bonchev–Trinajstić information content (AvgIpc) is 3.31. The number of esters is 1. The second-order valence-electron chi connectivity index (χ2n) is 8.62. The molecule has 0 aliphatic carbocycles. The van der Waals surface area contributed by atoms with Crippen molar-refractivity contribution in [3.05, 3.63) is 88.6 Å². The molecule has 4 rings (SSSR count). The summed E-state index contributed by atoms with van der Waals surface area (Å²) in [4.78, 5) is 17.8. The molecule has 7 nitrogen and oxygen atoms in total. The monoisotopic (exact) mass is 538 g/mol. The lowest BCUT2D eigenvalue weighted by Crippen LogP contribution is -2.29. The molecule has 1 aliphatic rings. The van der Waals surface area contributed by atoms with Gasteiger partial charge in [0.2, 0.25) is 11.1 Å². The number of ether oxygens (including phenoxy) is 2. The quantitative estimate of drug-likeness (QED) is 0.117. The fraction of sp³-hybridized carbons (Fsp3) is 0.321. The number of anilines is 1. The van der Waals surface area contributed by atoms with Gasteiger partial charge in [-0.15, -0.1) is 5.10 Å². The zero-order valence-electron chi connectivity index (χ0n) is 21.1. The van der Waals surface area contributed by atoms with Gasteiger partial charge >= 0.3 is 5.97 Å². The number of halogens is 1. The third-order valence-corrected chi connectivity index (χ3v) is 7.17. The van der Waals surface area contributed by atoms with E-state index in [1.165, 1.54) is 11.8 Å². The Morgan fingerprint density at radius 2 is 2.00 bits per heavy atom. The fourth-order valence-corrected chi connectivity index (χ4v) is 5.14. The molecule has 0 fully saturated rings. The molecule has 0 bridgehead atoms. The van der Waals surface area contributed by atoms with Crippen molar-refractivity contribution in [1.82, 2.24) is 14.8 Å². The third kappa shape index (κ3) is 6.56. The Labute approximate surface area is 226 Å². The van der Waals surface area contributed by atoms with E-state index in [0.29, 0.717) is 39.8 Å². The predicted octanol–water partition coefficient (Wildman–Crippen LogP) is 6.81. The van der Waals surface area contributed by atoms with Crippen molar-refractivity contribution in [3.63, 3.8) is 0 Å². The Kier molecular flexibility index (Phi) is 9.30. The predicted molar refractivity (Wildman–Crippen MR) is 148 cm³/mol. The molecule has 9 heteroatoms. The molecule has 1 unspecified atom stereocenters. The van der Waals surface area contributed by atoms with E-state index in [1.807, 2.05) is 55.5 Å². The Morgan fingerprint density at radius 3 is 2.73 bits per heavy atom. The summed E-state index contributed by atoms with van der Waals surface area (Å²) in [5.41, 5.74) is 3.02. The number of carbonyl (C=O) groups is 1. The summed E-state index contributed by atoms with van der Waals surface area (Å²) in [6, 6.07) is 15.0. The van der Waals surface area contributed by atoms with Crippen LogP contribution in [0.1, 0.15) is 50.3 Å². The summed E-state index contributed by atoms with van der Waals surface area (Å²) >= 11 is 7.81. The van der Waals surface area contributed by atoms with E-state index in [4.69, 9.17) is 26.2 Å². The fourth-order valence-electron chi connectivity index (χ4n) is 4.02. The molecule has 37 heavy (non-hydrogen) atoms. The van der Waals surface area contributed by atoms with Crippen LogP contribution >= 0.6 is 23.4 Å². The lowest BCUT2D eigenvalue weighted by molar-refractivity contribution is -0.138. The largest absolute Gasteiger partial charge is 0.494 e. The van der Waals surface area contributed by atoms with Gasteiger partial charge in [-0.1, -0.05) is 86.1 Å². The maximum Gasteiger partial charge on any atom is 0.338 e. The van der Waals surface area contributed by atoms with E-state index < -0.39 is 12.0 Å². The number of hydrogen-bond donors (Lipinski definition) is 1. The van der Waals surface area contributed by atoms with E-state index in [-0.39, 0.29) is 6.61 Å². The molecular weight excluding hydrogens is 508 g/mol. The Balaban J connectivity index is 1.62. The molecule has 0 saturated carbocycles. The van der Waals surface area contributed by atoms with E-state index in [0.717, 1.165) is 36.1 Å². The second kappa shape index (κ2) is 12.8. The van der Waals surface area contributed by atoms with Crippen LogP contribution in [0.4, 0.5) is 5.95 Å². The van der Waals surface area contributed by atoms with Gasteiger partial charge in [0.25, 0.3) is 0 Å². The Bertz CT molecular complexity index is 1270. The van der Waals surface area contributed by atoms with Crippen LogP contribution in [0, 0.1) is 0 Å². The van der Waals surface area contributed by atoms with Crippen molar-refractivity contribution in [2.75, 3.05) is 18.5 Å². The third-order valence-electron chi connectivity index (χ3n) is 5.91. The molecule has 1 aliphatic heterocycles. The van der Waals surface area contributed by atoms with Crippen molar-refractivity contribution in [2.45, 2.75) is 50.1 Å². The molecule has 0 saturated heterocycles. The van der Waals surface area contributed by atoms with Crippen LogP contribution in [0.15, 0.2) is 77.6 Å². The van der Waals surface area contributed by atoms with Crippen molar-refractivity contribution in [1.29, 1.82) is 0 Å². The van der Waals surface area contributed by atoms with E-state index in [1.54, 1.807) is 10.8 Å². The first kappa shape index (κ1) is 26.8. The summed E-state index contributed by atoms with van der Waals surface area (Å²) in [6.45, 7) is 8.46. The number of fused-ring (bicyclic) bond motifs is 1. The first-order valence-electron chi connectivity index (χ1n) is 12.3. The molecule has 3 aromatic rings. The number of carbonyl (C=O) groups excluding carboxylic acids is 1. The number of nitrogens with zero attached hydrogens (tertiary/aromatic N) is 3. The maximum absolute atomic E-state index is 13.1. The molecule has 1 N–H and O–H groups in total. The summed E-state index contributed by atoms with van der Waals surface area (Å²) in [6.07, 6.45) is 4.85. The zero-order valence-corrected chi connectivity index (χ0v) is 22.6. The molecule has 0 amide bonds. The number of allylic oxidation sites excluding steroid dienone is 1. The van der Waals surface area contributed by atoms with E-state index in [9.17, 15) is 4.79 Å². The van der Waals surface area contributed by atoms with Gasteiger partial charge in [-0.05, 0) is 42.7 Å². The molecule has 1 atom stereocenters. The highest BCUT2D eigenvalue weighted by Gasteiger charge is 2.35. The second-order valence-corrected chi connectivity index (χ2v) is 9.97. The summed E-state index contributed by atoms with van der Waals surface area (Å²) in [7, 11) is 0. The average molecular weight is 539 g/mol. The zero-order chi connectivity index (χ0) is 26.2. The summed E-state index contributed by atoms with van der Waals surface area (Å²) < 4.78 is 13.1. The van der Waals surface area contributed by atoms with Crippen molar-refractivity contribution >= 4 is 35.3 Å². The summed E-state index contributed by atoms with van der Waals surface area (Å²) in [5.74, 6) is 1.55. The standard InChI is InChI=1S/C28H31ClN4O3S/c1-4-6-9-17-35-22-14-12-20(13-15-22)25-24(26(34)36-16-5-2)19(3)30-27-31-28(32-33(25)27)37-18-21-10-7-8-11-23(21)29/h5,7-8,10-15,25H,2,4,6,9,16-18H2,1,3H3,(H,30,31,32). The summed E-state index contributed by atoms with van der Waals surface area (Å²) in [5, 5.41) is 9.27. The highest BCUT2D eigenvalue weighted by Crippen LogP contribution is 2.37. The molecule has 1 aromatic heterocycles. The van der Waals surface area contributed by atoms with Gasteiger partial charge in [0, 0.05) is 16.5 Å². The van der Waals surface area contributed by atoms with E-state index >= 15 is 0 Å². The van der Waals surface area contributed by atoms with Crippen LogP contribution in [0.25, 0.3) is 0 Å². The molecule has 2 heterocycles. The van der Waals surface area contributed by atoms with E-state index in [2.05, 4.69) is 23.8 Å². The highest BCUT2D eigenvalue weighted by molar-refractivity contribution is 7.98. The van der Waals surface area contributed by atoms with Gasteiger partial charge < -0.3 is 14.8 Å². The smallest absolute Gasteiger partial charge is 0.338 e. The molecule has 0 spiro atoms. The van der Waals surface area contributed by atoms with Crippen molar-refractivity contribution < 1.29 is 14.3 Å². The van der Waals surface area contributed by atoms with Crippen LogP contribution in [-0.4, -0.2) is 33.9 Å². The molecule has 2 aromatic carbocycles. The minimum Gasteiger partial charge on any atom is -0.494 e. The Hall–Kier alpha value is -3.23. The molecule has 194 valence electrons. The lowest BCUT2D eigenvalue weighted by atomic mass is 9.96. The normalized spacial score (nSPS) is 14.6. The van der Waals surface area contributed by atoms with Gasteiger partial charge in [0.05, 0.1) is 12.2 Å². The minimum atomic E-state index is -0.509. The van der Waals surface area contributed by atoms with Crippen LogP contribution in [0.5, 0.6) is 5.75 Å². The van der Waals surface area contributed by atoms with Gasteiger partial charge in [0.1, 0.15) is 18.4 Å². The van der Waals surface area contributed by atoms with Crippen LogP contribution in [-0.2, 0) is 15.3 Å². The van der Waals surface area contributed by atoms with Gasteiger partial charge in [-0.25, -0.2) is 9.48 Å². The van der Waals surface area contributed by atoms with Gasteiger partial charge in [0.15, 0.2) is 0 Å². The number of rotatable bonds is 12. The molecular formula is C28H31ClN4O3S. The first-order chi connectivity index (χ1) is 18.0. The first-order valence-corrected chi connectivity index (χ1v) is 13.7. The number of unbranched alkanes of at least 4 members (excludes halogenated alkanes) is 2.